The highest BCUT2D eigenvalue weighted by atomic mass is 35.5. The molecule has 0 aliphatic heterocycles. The minimum absolute atomic E-state index is 0.433. The van der Waals surface area contributed by atoms with Crippen LogP contribution >= 0.6 is 34.5 Å². The molecule has 0 bridgehead atoms. The summed E-state index contributed by atoms with van der Waals surface area (Å²) >= 11 is 13.6. The van der Waals surface area contributed by atoms with Crippen LogP contribution in [0.15, 0.2) is 12.1 Å². The first-order valence-corrected chi connectivity index (χ1v) is 8.18. The van der Waals surface area contributed by atoms with Crippen molar-refractivity contribution in [3.63, 3.8) is 0 Å². The highest BCUT2D eigenvalue weighted by molar-refractivity contribution is 7.19. The smallest absolute Gasteiger partial charge is 0.234 e. The second kappa shape index (κ2) is 4.83. The molecule has 1 aliphatic rings. The van der Waals surface area contributed by atoms with E-state index in [-0.39, 0.29) is 0 Å². The van der Waals surface area contributed by atoms with Crippen molar-refractivity contribution in [2.45, 2.75) is 25.2 Å². The number of fused-ring (bicyclic) bond motifs is 1. The largest absolute Gasteiger partial charge is 0.397 e. The molecule has 2 N–H and O–H groups in total. The van der Waals surface area contributed by atoms with E-state index in [2.05, 4.69) is 15.3 Å². The molecule has 1 fully saturated rings. The van der Waals surface area contributed by atoms with Gasteiger partial charge in [0.15, 0.2) is 5.82 Å². The average Bonchev–Trinajstić information content (AvgIpc) is 2.94. The normalized spacial score (nSPS) is 15.5. The van der Waals surface area contributed by atoms with Gasteiger partial charge in [-0.25, -0.2) is 0 Å². The standard InChI is InChI=1S/C13H11Cl2N5S/c14-7-4-8(10(16)9(15)5-7)12-19-20-11(6-2-1-3-6)17-18-13(20)21-12/h4-6H,1-3,16H2. The number of halogens is 2. The Kier molecular flexibility index (Phi) is 3.06. The van der Waals surface area contributed by atoms with E-state index in [4.69, 9.17) is 28.9 Å². The molecule has 0 atom stereocenters. The van der Waals surface area contributed by atoms with Crippen LogP contribution in [0.4, 0.5) is 5.69 Å². The van der Waals surface area contributed by atoms with Gasteiger partial charge in [-0.05, 0) is 25.0 Å². The Bertz CT molecular complexity index is 837. The highest BCUT2D eigenvalue weighted by Crippen LogP contribution is 2.39. The van der Waals surface area contributed by atoms with Crippen molar-refractivity contribution in [2.75, 3.05) is 5.73 Å². The summed E-state index contributed by atoms with van der Waals surface area (Å²) in [4.78, 5) is 0.766. The van der Waals surface area contributed by atoms with Gasteiger partial charge in [-0.1, -0.05) is 41.0 Å². The maximum absolute atomic E-state index is 6.09. The molecule has 0 radical (unpaired) electrons. The van der Waals surface area contributed by atoms with Crippen molar-refractivity contribution in [1.29, 1.82) is 0 Å². The fourth-order valence-corrected chi connectivity index (χ4v) is 3.79. The SMILES string of the molecule is Nc1c(Cl)cc(Cl)cc1-c1nn2c(C3CCC3)nnc2s1. The van der Waals surface area contributed by atoms with E-state index >= 15 is 0 Å². The number of nitrogens with zero attached hydrogens (tertiary/aromatic N) is 4. The van der Waals surface area contributed by atoms with E-state index in [0.717, 1.165) is 34.2 Å². The van der Waals surface area contributed by atoms with Gasteiger partial charge in [-0.3, -0.25) is 0 Å². The minimum Gasteiger partial charge on any atom is -0.397 e. The Morgan fingerprint density at radius 3 is 2.76 bits per heavy atom. The predicted molar refractivity (Wildman–Crippen MR) is 85.1 cm³/mol. The number of rotatable bonds is 2. The van der Waals surface area contributed by atoms with E-state index < -0.39 is 0 Å². The Morgan fingerprint density at radius 1 is 1.24 bits per heavy atom. The molecule has 1 aromatic carbocycles. The van der Waals surface area contributed by atoms with Crippen LogP contribution in [-0.2, 0) is 0 Å². The summed E-state index contributed by atoms with van der Waals surface area (Å²) < 4.78 is 1.82. The molecule has 1 aliphatic carbocycles. The van der Waals surface area contributed by atoms with Crippen LogP contribution in [0, 0.1) is 0 Å². The van der Waals surface area contributed by atoms with Gasteiger partial charge < -0.3 is 5.73 Å². The molecular weight excluding hydrogens is 329 g/mol. The van der Waals surface area contributed by atoms with Gasteiger partial charge in [0.05, 0.1) is 10.7 Å². The van der Waals surface area contributed by atoms with Gasteiger partial charge in [0.25, 0.3) is 0 Å². The Labute approximate surface area is 134 Å². The fourth-order valence-electron chi connectivity index (χ4n) is 2.42. The molecule has 3 aromatic rings. The van der Waals surface area contributed by atoms with E-state index in [1.54, 1.807) is 12.1 Å². The third-order valence-corrected chi connectivity index (χ3v) is 5.27. The summed E-state index contributed by atoms with van der Waals surface area (Å²) in [5.74, 6) is 1.40. The van der Waals surface area contributed by atoms with Crippen molar-refractivity contribution in [1.82, 2.24) is 19.8 Å². The lowest BCUT2D eigenvalue weighted by Gasteiger charge is -2.22. The van der Waals surface area contributed by atoms with Crippen LogP contribution < -0.4 is 5.73 Å². The average molecular weight is 340 g/mol. The summed E-state index contributed by atoms with van der Waals surface area (Å²) in [6.07, 6.45) is 3.55. The van der Waals surface area contributed by atoms with Crippen LogP contribution in [0.25, 0.3) is 15.5 Å². The second-order valence-corrected chi connectivity index (χ2v) is 6.94. The zero-order valence-electron chi connectivity index (χ0n) is 10.9. The van der Waals surface area contributed by atoms with E-state index in [9.17, 15) is 0 Å². The first kappa shape index (κ1) is 13.3. The van der Waals surface area contributed by atoms with Crippen molar-refractivity contribution in [3.05, 3.63) is 28.0 Å². The molecule has 4 rings (SSSR count). The van der Waals surface area contributed by atoms with Crippen molar-refractivity contribution >= 4 is 45.2 Å². The molecule has 0 spiro atoms. The lowest BCUT2D eigenvalue weighted by atomic mass is 9.85. The van der Waals surface area contributed by atoms with Gasteiger partial charge in [0.1, 0.15) is 5.01 Å². The third kappa shape index (κ3) is 2.09. The van der Waals surface area contributed by atoms with E-state index in [0.29, 0.717) is 21.7 Å². The molecular formula is C13H11Cl2N5S. The number of nitrogen functional groups attached to an aromatic ring is 1. The number of benzene rings is 1. The number of anilines is 1. The molecule has 2 aromatic heterocycles. The van der Waals surface area contributed by atoms with Crippen LogP contribution in [0.5, 0.6) is 0 Å². The van der Waals surface area contributed by atoms with Crippen LogP contribution in [0.1, 0.15) is 31.0 Å². The van der Waals surface area contributed by atoms with Crippen molar-refractivity contribution in [3.8, 4) is 10.6 Å². The summed E-state index contributed by atoms with van der Waals surface area (Å²) in [6.45, 7) is 0. The Hall–Kier alpha value is -1.37. The van der Waals surface area contributed by atoms with Gasteiger partial charge in [0, 0.05) is 16.5 Å². The number of aromatic nitrogens is 4. The predicted octanol–water partition coefficient (Wildman–Crippen LogP) is 4.01. The summed E-state index contributed by atoms with van der Waals surface area (Å²) in [7, 11) is 0. The topological polar surface area (TPSA) is 69.1 Å². The maximum atomic E-state index is 6.09. The molecule has 2 heterocycles. The maximum Gasteiger partial charge on any atom is 0.234 e. The molecule has 0 unspecified atom stereocenters. The fraction of sp³-hybridized carbons (Fsp3) is 0.308. The molecule has 8 heteroatoms. The lowest BCUT2D eigenvalue weighted by Crippen LogP contribution is -2.13. The molecule has 1 saturated carbocycles. The first-order chi connectivity index (χ1) is 10.1. The number of hydrogen-bond donors (Lipinski definition) is 1. The third-order valence-electron chi connectivity index (χ3n) is 3.81. The summed E-state index contributed by atoms with van der Waals surface area (Å²) in [5.41, 5.74) is 7.26. The van der Waals surface area contributed by atoms with Gasteiger partial charge in [-0.2, -0.15) is 9.61 Å². The van der Waals surface area contributed by atoms with Crippen LogP contribution in [0.2, 0.25) is 10.0 Å². The van der Waals surface area contributed by atoms with Gasteiger partial charge in [0.2, 0.25) is 4.96 Å². The first-order valence-electron chi connectivity index (χ1n) is 6.60. The number of hydrogen-bond acceptors (Lipinski definition) is 5. The van der Waals surface area contributed by atoms with E-state index in [1.807, 2.05) is 4.52 Å². The molecule has 21 heavy (non-hydrogen) atoms. The Morgan fingerprint density at radius 2 is 2.05 bits per heavy atom. The van der Waals surface area contributed by atoms with Crippen LogP contribution in [-0.4, -0.2) is 19.8 Å². The highest BCUT2D eigenvalue weighted by Gasteiger charge is 2.26. The molecule has 108 valence electrons. The van der Waals surface area contributed by atoms with Crippen LogP contribution in [0.3, 0.4) is 0 Å². The monoisotopic (exact) mass is 339 g/mol. The van der Waals surface area contributed by atoms with Crippen molar-refractivity contribution in [2.24, 2.45) is 0 Å². The summed E-state index contributed by atoms with van der Waals surface area (Å²) in [5, 5.41) is 14.8. The zero-order valence-corrected chi connectivity index (χ0v) is 13.2. The minimum atomic E-state index is 0.433. The molecule has 0 amide bonds. The zero-order chi connectivity index (χ0) is 14.6. The van der Waals surface area contributed by atoms with Gasteiger partial charge in [-0.15, -0.1) is 10.2 Å². The van der Waals surface area contributed by atoms with Crippen molar-refractivity contribution < 1.29 is 0 Å². The quantitative estimate of drug-likeness (QED) is 0.716. The lowest BCUT2D eigenvalue weighted by molar-refractivity contribution is 0.395. The number of nitrogens with two attached hydrogens (primary N) is 1. The molecule has 0 saturated heterocycles. The summed E-state index contributed by atoms with van der Waals surface area (Å²) in [6, 6.07) is 3.40. The van der Waals surface area contributed by atoms with Gasteiger partial charge >= 0.3 is 0 Å². The second-order valence-electron chi connectivity index (χ2n) is 5.14. The van der Waals surface area contributed by atoms with E-state index in [1.165, 1.54) is 17.8 Å². The Balaban J connectivity index is 1.86. The molecule has 5 nitrogen and oxygen atoms in total.